The summed E-state index contributed by atoms with van der Waals surface area (Å²) >= 11 is 0. The molecule has 29 heavy (non-hydrogen) atoms. The lowest BCUT2D eigenvalue weighted by molar-refractivity contribution is -0.151. The Balaban J connectivity index is 1.41. The lowest BCUT2D eigenvalue weighted by Crippen LogP contribution is -2.35. The number of imide groups is 1. The molecule has 2 aromatic rings. The Morgan fingerprint density at radius 2 is 1.69 bits per heavy atom. The van der Waals surface area contributed by atoms with Gasteiger partial charge in [0.15, 0.2) is 6.73 Å². The summed E-state index contributed by atoms with van der Waals surface area (Å²) in [4.78, 5) is 52.1. The second-order valence-electron chi connectivity index (χ2n) is 7.37. The molecule has 0 aromatic heterocycles. The number of anilines is 1. The molecule has 1 fully saturated rings. The molecule has 0 bridgehead atoms. The summed E-state index contributed by atoms with van der Waals surface area (Å²) < 4.78 is 5.23. The Morgan fingerprint density at radius 1 is 1.03 bits per heavy atom. The van der Waals surface area contributed by atoms with Gasteiger partial charge in [-0.05, 0) is 37.6 Å². The van der Waals surface area contributed by atoms with Crippen LogP contribution in [0.4, 0.5) is 5.69 Å². The van der Waals surface area contributed by atoms with Crippen molar-refractivity contribution >= 4 is 29.4 Å². The number of benzene rings is 2. The summed E-state index contributed by atoms with van der Waals surface area (Å²) in [6, 6.07) is 12.2. The van der Waals surface area contributed by atoms with Crippen LogP contribution in [0.3, 0.4) is 0 Å². The summed E-state index contributed by atoms with van der Waals surface area (Å²) in [6.45, 7) is 3.65. The van der Waals surface area contributed by atoms with Crippen molar-refractivity contribution in [3.05, 3.63) is 64.7 Å². The highest BCUT2D eigenvalue weighted by molar-refractivity contribution is 6.21. The monoisotopic (exact) mass is 392 g/mol. The van der Waals surface area contributed by atoms with Gasteiger partial charge in [0, 0.05) is 18.7 Å². The van der Waals surface area contributed by atoms with Gasteiger partial charge < -0.3 is 9.64 Å². The lowest BCUT2D eigenvalue weighted by atomic mass is 10.1. The standard InChI is InChI=1S/C22H20N2O5/c1-13-7-8-18(14(2)9-13)23-11-15(10-19(23)25)22(28)29-12-24-20(26)16-5-3-4-6-17(16)21(24)27/h3-9,15H,10-12H2,1-2H3/t15-/m0/s1. The van der Waals surface area contributed by atoms with E-state index in [1.807, 2.05) is 32.0 Å². The van der Waals surface area contributed by atoms with Crippen molar-refractivity contribution in [1.82, 2.24) is 4.90 Å². The number of rotatable bonds is 4. The number of carbonyl (C=O) groups excluding carboxylic acids is 4. The smallest absolute Gasteiger partial charge is 0.313 e. The highest BCUT2D eigenvalue weighted by atomic mass is 16.5. The minimum atomic E-state index is -0.640. The van der Waals surface area contributed by atoms with Crippen molar-refractivity contribution < 1.29 is 23.9 Å². The summed E-state index contributed by atoms with van der Waals surface area (Å²) in [6.07, 6.45) is 0.0360. The number of hydrogen-bond acceptors (Lipinski definition) is 5. The molecule has 3 amide bonds. The molecule has 2 aliphatic rings. The van der Waals surface area contributed by atoms with Crippen molar-refractivity contribution in [3.63, 3.8) is 0 Å². The predicted molar refractivity (Wildman–Crippen MR) is 104 cm³/mol. The first kappa shape index (κ1) is 18.9. The Bertz CT molecular complexity index is 1010. The Kier molecular flexibility index (Phi) is 4.66. The van der Waals surface area contributed by atoms with Crippen LogP contribution in [0.5, 0.6) is 0 Å². The van der Waals surface area contributed by atoms with E-state index in [9.17, 15) is 19.2 Å². The summed E-state index contributed by atoms with van der Waals surface area (Å²) in [5, 5.41) is 0. The normalized spacial score (nSPS) is 18.4. The van der Waals surface area contributed by atoms with Crippen LogP contribution in [-0.2, 0) is 14.3 Å². The zero-order valence-electron chi connectivity index (χ0n) is 16.2. The van der Waals surface area contributed by atoms with Gasteiger partial charge in [0.1, 0.15) is 0 Å². The summed E-state index contributed by atoms with van der Waals surface area (Å²) in [7, 11) is 0. The van der Waals surface area contributed by atoms with E-state index in [4.69, 9.17) is 4.74 Å². The molecule has 2 aromatic carbocycles. The van der Waals surface area contributed by atoms with Gasteiger partial charge in [-0.2, -0.15) is 0 Å². The zero-order chi connectivity index (χ0) is 20.7. The molecule has 148 valence electrons. The molecule has 0 aliphatic carbocycles. The quantitative estimate of drug-likeness (QED) is 0.590. The molecular weight excluding hydrogens is 372 g/mol. The van der Waals surface area contributed by atoms with Crippen molar-refractivity contribution in [2.75, 3.05) is 18.2 Å². The van der Waals surface area contributed by atoms with Gasteiger partial charge in [0.2, 0.25) is 5.91 Å². The van der Waals surface area contributed by atoms with Crippen molar-refractivity contribution in [3.8, 4) is 0 Å². The second kappa shape index (κ2) is 7.16. The van der Waals surface area contributed by atoms with Crippen molar-refractivity contribution in [1.29, 1.82) is 0 Å². The minimum absolute atomic E-state index is 0.0360. The maximum atomic E-state index is 12.5. The minimum Gasteiger partial charge on any atom is -0.443 e. The zero-order valence-corrected chi connectivity index (χ0v) is 16.2. The highest BCUT2D eigenvalue weighted by Gasteiger charge is 2.39. The van der Waals surface area contributed by atoms with Gasteiger partial charge in [-0.25, -0.2) is 4.90 Å². The molecule has 1 atom stereocenters. The van der Waals surface area contributed by atoms with Gasteiger partial charge in [0.25, 0.3) is 11.8 Å². The first-order valence-corrected chi connectivity index (χ1v) is 9.36. The Morgan fingerprint density at radius 3 is 2.31 bits per heavy atom. The molecule has 2 aliphatic heterocycles. The molecular formula is C22H20N2O5. The van der Waals surface area contributed by atoms with E-state index in [-0.39, 0.29) is 18.9 Å². The molecule has 0 spiro atoms. The number of fused-ring (bicyclic) bond motifs is 1. The van der Waals surface area contributed by atoms with Gasteiger partial charge in [-0.15, -0.1) is 0 Å². The largest absolute Gasteiger partial charge is 0.443 e. The predicted octanol–water partition coefficient (Wildman–Crippen LogP) is 2.45. The molecule has 4 rings (SSSR count). The van der Waals surface area contributed by atoms with Crippen LogP contribution >= 0.6 is 0 Å². The Labute approximate surface area is 167 Å². The molecule has 1 saturated heterocycles. The average molecular weight is 392 g/mol. The first-order valence-electron chi connectivity index (χ1n) is 9.36. The number of carbonyl (C=O) groups is 4. The molecule has 0 radical (unpaired) electrons. The number of nitrogens with zero attached hydrogens (tertiary/aromatic N) is 2. The number of hydrogen-bond donors (Lipinski definition) is 0. The molecule has 0 N–H and O–H groups in total. The lowest BCUT2D eigenvalue weighted by Gasteiger charge is -2.20. The number of ether oxygens (including phenoxy) is 1. The van der Waals surface area contributed by atoms with E-state index in [1.54, 1.807) is 29.2 Å². The highest BCUT2D eigenvalue weighted by Crippen LogP contribution is 2.29. The van der Waals surface area contributed by atoms with E-state index < -0.39 is 30.4 Å². The van der Waals surface area contributed by atoms with Gasteiger partial charge in [-0.1, -0.05) is 29.8 Å². The van der Waals surface area contributed by atoms with E-state index in [0.717, 1.165) is 21.7 Å². The third-order valence-electron chi connectivity index (χ3n) is 5.32. The fourth-order valence-corrected chi connectivity index (χ4v) is 3.81. The molecule has 2 heterocycles. The van der Waals surface area contributed by atoms with E-state index in [1.165, 1.54) is 0 Å². The number of aryl methyl sites for hydroxylation is 2. The van der Waals surface area contributed by atoms with E-state index in [2.05, 4.69) is 0 Å². The number of esters is 1. The van der Waals surface area contributed by atoms with Crippen molar-refractivity contribution in [2.24, 2.45) is 5.92 Å². The third-order valence-corrected chi connectivity index (χ3v) is 5.32. The maximum absolute atomic E-state index is 12.5. The topological polar surface area (TPSA) is 84.0 Å². The van der Waals surface area contributed by atoms with Crippen LogP contribution in [0, 0.1) is 19.8 Å². The number of amides is 3. The average Bonchev–Trinajstić information content (AvgIpc) is 3.19. The van der Waals surface area contributed by atoms with Crippen LogP contribution in [-0.4, -0.2) is 41.9 Å². The van der Waals surface area contributed by atoms with E-state index >= 15 is 0 Å². The Hall–Kier alpha value is -3.48. The van der Waals surface area contributed by atoms with Crippen LogP contribution < -0.4 is 4.90 Å². The molecule has 0 unspecified atom stereocenters. The van der Waals surface area contributed by atoms with E-state index in [0.29, 0.717) is 11.1 Å². The fraction of sp³-hybridized carbons (Fsp3) is 0.273. The van der Waals surface area contributed by atoms with Crippen LogP contribution in [0.1, 0.15) is 38.3 Å². The molecule has 7 heteroatoms. The van der Waals surface area contributed by atoms with Crippen molar-refractivity contribution in [2.45, 2.75) is 20.3 Å². The third kappa shape index (κ3) is 3.29. The second-order valence-corrected chi connectivity index (χ2v) is 7.37. The summed E-state index contributed by atoms with van der Waals surface area (Å²) in [5.74, 6) is -2.37. The van der Waals surface area contributed by atoms with Crippen LogP contribution in [0.2, 0.25) is 0 Å². The fourth-order valence-electron chi connectivity index (χ4n) is 3.81. The maximum Gasteiger partial charge on any atom is 0.313 e. The summed E-state index contributed by atoms with van der Waals surface area (Å²) in [5.41, 5.74) is 3.42. The van der Waals surface area contributed by atoms with Gasteiger partial charge in [0.05, 0.1) is 17.0 Å². The molecule has 7 nitrogen and oxygen atoms in total. The van der Waals surface area contributed by atoms with Gasteiger partial charge in [-0.3, -0.25) is 19.2 Å². The van der Waals surface area contributed by atoms with Crippen LogP contribution in [0.15, 0.2) is 42.5 Å². The first-order chi connectivity index (χ1) is 13.9. The molecule has 0 saturated carbocycles. The SMILES string of the molecule is Cc1ccc(N2C[C@@H](C(=O)OCN3C(=O)c4ccccc4C3=O)CC2=O)c(C)c1. The van der Waals surface area contributed by atoms with Gasteiger partial charge >= 0.3 is 5.97 Å². The van der Waals surface area contributed by atoms with Crippen LogP contribution in [0.25, 0.3) is 0 Å².